The summed E-state index contributed by atoms with van der Waals surface area (Å²) < 4.78 is 1.87. The summed E-state index contributed by atoms with van der Waals surface area (Å²) in [7, 11) is 3.82. The number of hydrogen-bond acceptors (Lipinski definition) is 3. The van der Waals surface area contributed by atoms with Gasteiger partial charge >= 0.3 is 0 Å². The Balaban J connectivity index is 0.00000225. The number of halogens is 1. The van der Waals surface area contributed by atoms with Crippen LogP contribution in [0.25, 0.3) is 0 Å². The van der Waals surface area contributed by atoms with Gasteiger partial charge in [0.15, 0.2) is 5.96 Å². The van der Waals surface area contributed by atoms with Crippen molar-refractivity contribution in [3.63, 3.8) is 0 Å². The minimum atomic E-state index is 0. The van der Waals surface area contributed by atoms with E-state index in [2.05, 4.69) is 44.5 Å². The molecule has 136 valence electrons. The smallest absolute Gasteiger partial charge is 0.193 e. The Morgan fingerprint density at radius 2 is 2.28 bits per heavy atom. The molecule has 1 unspecified atom stereocenters. The molecule has 1 aliphatic heterocycles. The fraction of sp³-hybridized carbons (Fsp3) is 0.500. The number of guanidine groups is 1. The molecule has 1 aliphatic rings. The van der Waals surface area contributed by atoms with E-state index in [0.717, 1.165) is 31.2 Å². The van der Waals surface area contributed by atoms with E-state index < -0.39 is 0 Å². The highest BCUT2D eigenvalue weighted by atomic mass is 127. The summed E-state index contributed by atoms with van der Waals surface area (Å²) in [6.07, 6.45) is 8.20. The van der Waals surface area contributed by atoms with E-state index >= 15 is 0 Å². The fourth-order valence-corrected chi connectivity index (χ4v) is 3.30. The van der Waals surface area contributed by atoms with E-state index in [0.29, 0.717) is 12.5 Å². The van der Waals surface area contributed by atoms with Crippen molar-refractivity contribution < 1.29 is 0 Å². The van der Waals surface area contributed by atoms with Gasteiger partial charge in [-0.3, -0.25) is 14.7 Å². The molecular formula is C18H27IN6. The number of aliphatic imine (C=N–C) groups is 1. The molecule has 6 nitrogen and oxygen atoms in total. The van der Waals surface area contributed by atoms with Crippen molar-refractivity contribution in [3.8, 4) is 0 Å². The lowest BCUT2D eigenvalue weighted by atomic mass is 10.0. The van der Waals surface area contributed by atoms with E-state index in [1.54, 1.807) is 0 Å². The summed E-state index contributed by atoms with van der Waals surface area (Å²) in [4.78, 5) is 11.2. The van der Waals surface area contributed by atoms with Crippen molar-refractivity contribution in [2.45, 2.75) is 26.3 Å². The van der Waals surface area contributed by atoms with Crippen molar-refractivity contribution in [2.75, 3.05) is 20.1 Å². The third kappa shape index (κ3) is 5.17. The van der Waals surface area contributed by atoms with E-state index in [4.69, 9.17) is 0 Å². The molecule has 2 aromatic rings. The predicted molar refractivity (Wildman–Crippen MR) is 111 cm³/mol. The van der Waals surface area contributed by atoms with Crippen LogP contribution in [0.15, 0.2) is 35.7 Å². The molecule has 1 fully saturated rings. The first-order valence-electron chi connectivity index (χ1n) is 8.49. The van der Waals surface area contributed by atoms with Gasteiger partial charge in [0.25, 0.3) is 0 Å². The second kappa shape index (κ2) is 9.17. The summed E-state index contributed by atoms with van der Waals surface area (Å²) in [5.41, 5.74) is 3.59. The maximum Gasteiger partial charge on any atom is 0.193 e. The van der Waals surface area contributed by atoms with Crippen LogP contribution >= 0.6 is 24.0 Å². The van der Waals surface area contributed by atoms with Gasteiger partial charge in [0.1, 0.15) is 0 Å². The summed E-state index contributed by atoms with van der Waals surface area (Å²) in [5, 5.41) is 7.71. The number of aromatic nitrogens is 3. The van der Waals surface area contributed by atoms with Crippen molar-refractivity contribution >= 4 is 29.9 Å². The second-order valence-electron chi connectivity index (χ2n) is 6.49. The molecule has 1 atom stereocenters. The first kappa shape index (κ1) is 19.7. The molecule has 2 aromatic heterocycles. The molecule has 0 amide bonds. The molecule has 3 heterocycles. The van der Waals surface area contributed by atoms with Gasteiger partial charge in [-0.15, -0.1) is 24.0 Å². The van der Waals surface area contributed by atoms with Gasteiger partial charge in [-0.05, 0) is 42.9 Å². The van der Waals surface area contributed by atoms with Crippen LogP contribution in [-0.2, 0) is 20.0 Å². The van der Waals surface area contributed by atoms with Crippen LogP contribution in [-0.4, -0.2) is 45.8 Å². The number of hydrogen-bond donors (Lipinski definition) is 1. The Morgan fingerprint density at radius 3 is 2.96 bits per heavy atom. The van der Waals surface area contributed by atoms with Gasteiger partial charge in [0.05, 0.1) is 18.4 Å². The lowest BCUT2D eigenvalue weighted by Crippen LogP contribution is -2.40. The van der Waals surface area contributed by atoms with E-state index in [1.807, 2.05) is 37.2 Å². The predicted octanol–water partition coefficient (Wildman–Crippen LogP) is 2.38. The Labute approximate surface area is 166 Å². The average Bonchev–Trinajstić information content (AvgIpc) is 3.19. The minimum Gasteiger partial charge on any atom is -0.351 e. The summed E-state index contributed by atoms with van der Waals surface area (Å²) >= 11 is 0. The Morgan fingerprint density at radius 1 is 1.44 bits per heavy atom. The van der Waals surface area contributed by atoms with Crippen molar-refractivity contribution in [2.24, 2.45) is 18.0 Å². The molecule has 25 heavy (non-hydrogen) atoms. The number of rotatable bonds is 4. The molecule has 1 saturated heterocycles. The van der Waals surface area contributed by atoms with Gasteiger partial charge in [0, 0.05) is 39.6 Å². The minimum absolute atomic E-state index is 0. The molecule has 3 rings (SSSR count). The maximum absolute atomic E-state index is 4.45. The average molecular weight is 454 g/mol. The standard InChI is InChI=1S/C18H26N6.HI/c1-14-5-4-7-20-17(14)11-21-18(19-2)24-8-6-15(13-24)9-16-10-22-23(3)12-16;/h4-5,7,10,12,15H,6,8-9,11,13H2,1-3H3,(H,19,21);1H. The van der Waals surface area contributed by atoms with Gasteiger partial charge < -0.3 is 10.2 Å². The molecule has 0 spiro atoms. The third-order valence-electron chi connectivity index (χ3n) is 4.61. The molecule has 7 heteroatoms. The number of likely N-dealkylation sites (tertiary alicyclic amines) is 1. The number of pyridine rings is 1. The third-order valence-corrected chi connectivity index (χ3v) is 4.61. The van der Waals surface area contributed by atoms with Crippen LogP contribution in [0.3, 0.4) is 0 Å². The molecule has 0 aliphatic carbocycles. The van der Waals surface area contributed by atoms with Crippen LogP contribution in [0.2, 0.25) is 0 Å². The Bertz CT molecular complexity index is 711. The first-order chi connectivity index (χ1) is 11.7. The first-order valence-corrected chi connectivity index (χ1v) is 8.49. The number of nitrogens with zero attached hydrogens (tertiary/aromatic N) is 5. The highest BCUT2D eigenvalue weighted by Gasteiger charge is 2.25. The molecule has 0 aromatic carbocycles. The van der Waals surface area contributed by atoms with Crippen molar-refractivity contribution in [1.29, 1.82) is 0 Å². The zero-order valence-electron chi connectivity index (χ0n) is 15.1. The van der Waals surface area contributed by atoms with Crippen LogP contribution in [0, 0.1) is 12.8 Å². The van der Waals surface area contributed by atoms with Crippen LogP contribution < -0.4 is 5.32 Å². The van der Waals surface area contributed by atoms with Gasteiger partial charge in [-0.1, -0.05) is 6.07 Å². The van der Waals surface area contributed by atoms with E-state index in [9.17, 15) is 0 Å². The largest absolute Gasteiger partial charge is 0.351 e. The summed E-state index contributed by atoms with van der Waals surface area (Å²) in [5.74, 6) is 1.62. The molecular weight excluding hydrogens is 427 g/mol. The van der Waals surface area contributed by atoms with Gasteiger partial charge in [-0.2, -0.15) is 5.10 Å². The zero-order valence-corrected chi connectivity index (χ0v) is 17.5. The van der Waals surface area contributed by atoms with Crippen LogP contribution in [0.4, 0.5) is 0 Å². The Hall–Kier alpha value is -1.64. The van der Waals surface area contributed by atoms with Gasteiger partial charge in [-0.25, -0.2) is 0 Å². The Kier molecular flexibility index (Phi) is 7.22. The van der Waals surface area contributed by atoms with Crippen LogP contribution in [0.5, 0.6) is 0 Å². The lowest BCUT2D eigenvalue weighted by molar-refractivity contribution is 0.459. The normalized spacial score (nSPS) is 17.5. The summed E-state index contributed by atoms with van der Waals surface area (Å²) in [6.45, 7) is 4.89. The fourth-order valence-electron chi connectivity index (χ4n) is 3.30. The number of nitrogens with one attached hydrogen (secondary N) is 1. The monoisotopic (exact) mass is 454 g/mol. The molecule has 1 N–H and O–H groups in total. The maximum atomic E-state index is 4.45. The second-order valence-corrected chi connectivity index (χ2v) is 6.49. The molecule has 0 saturated carbocycles. The quantitative estimate of drug-likeness (QED) is 0.438. The summed E-state index contributed by atoms with van der Waals surface area (Å²) in [6, 6.07) is 4.06. The lowest BCUT2D eigenvalue weighted by Gasteiger charge is -2.22. The molecule has 0 radical (unpaired) electrons. The van der Waals surface area contributed by atoms with E-state index in [-0.39, 0.29) is 24.0 Å². The highest BCUT2D eigenvalue weighted by Crippen LogP contribution is 2.20. The zero-order chi connectivity index (χ0) is 16.9. The van der Waals surface area contributed by atoms with Gasteiger partial charge in [0.2, 0.25) is 0 Å². The number of aryl methyl sites for hydroxylation is 2. The SMILES string of the molecule is CN=C(NCc1ncccc1C)N1CCC(Cc2cnn(C)c2)C1.I. The highest BCUT2D eigenvalue weighted by molar-refractivity contribution is 14.0. The van der Waals surface area contributed by atoms with E-state index in [1.165, 1.54) is 17.5 Å². The molecule has 0 bridgehead atoms. The van der Waals surface area contributed by atoms with Crippen molar-refractivity contribution in [3.05, 3.63) is 47.5 Å². The van der Waals surface area contributed by atoms with Crippen molar-refractivity contribution in [1.82, 2.24) is 25.0 Å². The topological polar surface area (TPSA) is 58.3 Å². The van der Waals surface area contributed by atoms with Crippen LogP contribution in [0.1, 0.15) is 23.2 Å².